The quantitative estimate of drug-likeness (QED) is 0.512. The highest BCUT2D eigenvalue weighted by atomic mass is 16.5. The van der Waals surface area contributed by atoms with Crippen LogP contribution in [-0.2, 0) is 22.6 Å². The van der Waals surface area contributed by atoms with E-state index in [4.69, 9.17) is 9.47 Å². The van der Waals surface area contributed by atoms with E-state index in [2.05, 4.69) is 12.2 Å². The first kappa shape index (κ1) is 25.6. The van der Waals surface area contributed by atoms with Gasteiger partial charge in [0.25, 0.3) is 5.91 Å². The lowest BCUT2D eigenvalue weighted by atomic mass is 9.95. The summed E-state index contributed by atoms with van der Waals surface area (Å²) >= 11 is 0. The maximum Gasteiger partial charge on any atom is 0.261 e. The van der Waals surface area contributed by atoms with E-state index in [0.717, 1.165) is 43.4 Å². The smallest absolute Gasteiger partial charge is 0.261 e. The van der Waals surface area contributed by atoms with Gasteiger partial charge < -0.3 is 19.7 Å². The Balaban J connectivity index is 1.75. The Hall–Kier alpha value is -3.02. The van der Waals surface area contributed by atoms with Crippen molar-refractivity contribution in [1.29, 1.82) is 0 Å². The Bertz CT molecular complexity index is 922. The molecule has 184 valence electrons. The summed E-state index contributed by atoms with van der Waals surface area (Å²) in [5.41, 5.74) is 2.12. The van der Waals surface area contributed by atoms with Gasteiger partial charge >= 0.3 is 0 Å². The molecule has 1 aliphatic rings. The molecule has 2 aromatic carbocycles. The van der Waals surface area contributed by atoms with Crippen LogP contribution in [0.1, 0.15) is 63.5 Å². The van der Waals surface area contributed by atoms with Crippen molar-refractivity contribution < 1.29 is 19.1 Å². The van der Waals surface area contributed by atoms with Crippen molar-refractivity contribution in [2.75, 3.05) is 13.7 Å². The number of rotatable bonds is 11. The van der Waals surface area contributed by atoms with Crippen LogP contribution in [-0.4, -0.2) is 42.5 Å². The Morgan fingerprint density at radius 2 is 1.74 bits per heavy atom. The zero-order chi connectivity index (χ0) is 24.3. The summed E-state index contributed by atoms with van der Waals surface area (Å²) in [6, 6.07) is 15.0. The van der Waals surface area contributed by atoms with Crippen molar-refractivity contribution in [2.24, 2.45) is 0 Å². The molecule has 2 amide bonds. The van der Waals surface area contributed by atoms with E-state index in [0.29, 0.717) is 18.7 Å². The van der Waals surface area contributed by atoms with Gasteiger partial charge in [-0.2, -0.15) is 0 Å². The number of carbonyl (C=O) groups excluding carboxylic acids is 2. The van der Waals surface area contributed by atoms with Gasteiger partial charge in [0.2, 0.25) is 5.91 Å². The molecule has 0 aromatic heterocycles. The Labute approximate surface area is 203 Å². The fourth-order valence-corrected chi connectivity index (χ4v) is 4.48. The Morgan fingerprint density at radius 1 is 1.00 bits per heavy atom. The number of hydrogen-bond donors (Lipinski definition) is 1. The van der Waals surface area contributed by atoms with E-state index in [1.165, 1.54) is 12.0 Å². The standard InChI is InChI=1S/C28H38N2O4/c1-4-21-14-16-24(17-15-21)34-20-27(31)30(19-22-10-9-13-25(18-22)33-3)26(5-2)28(32)29-23-11-7-6-8-12-23/h9-10,13-18,23,26H,4-8,11-12,19-20H2,1-3H3,(H,29,32)/t26-/m0/s1. The molecule has 1 atom stereocenters. The van der Waals surface area contributed by atoms with E-state index in [-0.39, 0.29) is 24.5 Å². The summed E-state index contributed by atoms with van der Waals surface area (Å²) in [6.45, 7) is 4.23. The number of nitrogens with zero attached hydrogens (tertiary/aromatic N) is 1. The van der Waals surface area contributed by atoms with Gasteiger partial charge in [-0.25, -0.2) is 0 Å². The van der Waals surface area contributed by atoms with Crippen LogP contribution < -0.4 is 14.8 Å². The summed E-state index contributed by atoms with van der Waals surface area (Å²) in [7, 11) is 1.62. The molecule has 1 saturated carbocycles. The molecular formula is C28H38N2O4. The summed E-state index contributed by atoms with van der Waals surface area (Å²) in [5, 5.41) is 3.20. The minimum absolute atomic E-state index is 0.0852. The maximum absolute atomic E-state index is 13.4. The molecule has 6 nitrogen and oxygen atoms in total. The van der Waals surface area contributed by atoms with Crippen molar-refractivity contribution in [3.63, 3.8) is 0 Å². The van der Waals surface area contributed by atoms with E-state index < -0.39 is 6.04 Å². The van der Waals surface area contributed by atoms with Crippen LogP contribution in [0.5, 0.6) is 11.5 Å². The third-order valence-corrected chi connectivity index (χ3v) is 6.52. The second-order valence-electron chi connectivity index (χ2n) is 8.93. The third-order valence-electron chi connectivity index (χ3n) is 6.52. The van der Waals surface area contributed by atoms with Crippen LogP contribution >= 0.6 is 0 Å². The van der Waals surface area contributed by atoms with Crippen molar-refractivity contribution >= 4 is 11.8 Å². The number of aryl methyl sites for hydroxylation is 1. The van der Waals surface area contributed by atoms with Crippen LogP contribution in [0, 0.1) is 0 Å². The highest BCUT2D eigenvalue weighted by Gasteiger charge is 2.30. The largest absolute Gasteiger partial charge is 0.497 e. The highest BCUT2D eigenvalue weighted by Crippen LogP contribution is 2.21. The average Bonchev–Trinajstić information content (AvgIpc) is 2.88. The fraction of sp³-hybridized carbons (Fsp3) is 0.500. The van der Waals surface area contributed by atoms with Gasteiger partial charge in [-0.1, -0.05) is 57.4 Å². The molecule has 0 aliphatic heterocycles. The molecule has 1 aliphatic carbocycles. The molecule has 3 rings (SSSR count). The van der Waals surface area contributed by atoms with Gasteiger partial charge in [0.1, 0.15) is 17.5 Å². The number of hydrogen-bond acceptors (Lipinski definition) is 4. The summed E-state index contributed by atoms with van der Waals surface area (Å²) < 4.78 is 11.2. The number of benzene rings is 2. The number of amides is 2. The van der Waals surface area contributed by atoms with Crippen LogP contribution in [0.4, 0.5) is 0 Å². The predicted octanol–water partition coefficient (Wildman–Crippen LogP) is 4.89. The second-order valence-corrected chi connectivity index (χ2v) is 8.93. The van der Waals surface area contributed by atoms with Crippen molar-refractivity contribution in [1.82, 2.24) is 10.2 Å². The van der Waals surface area contributed by atoms with E-state index in [9.17, 15) is 9.59 Å². The molecule has 2 aromatic rings. The van der Waals surface area contributed by atoms with Gasteiger partial charge in [-0.05, 0) is 61.1 Å². The topological polar surface area (TPSA) is 67.9 Å². The summed E-state index contributed by atoms with van der Waals surface area (Å²) in [6.07, 6.45) is 6.98. The molecule has 0 unspecified atom stereocenters. The van der Waals surface area contributed by atoms with Crippen LogP contribution in [0.2, 0.25) is 0 Å². The molecule has 34 heavy (non-hydrogen) atoms. The monoisotopic (exact) mass is 466 g/mol. The molecule has 1 N–H and O–H groups in total. The highest BCUT2D eigenvalue weighted by molar-refractivity contribution is 5.88. The lowest BCUT2D eigenvalue weighted by Crippen LogP contribution is -2.52. The van der Waals surface area contributed by atoms with Gasteiger partial charge in [0.05, 0.1) is 7.11 Å². The molecule has 1 fully saturated rings. The number of methoxy groups -OCH3 is 1. The van der Waals surface area contributed by atoms with E-state index >= 15 is 0 Å². The number of ether oxygens (including phenoxy) is 2. The van der Waals surface area contributed by atoms with Gasteiger partial charge in [-0.15, -0.1) is 0 Å². The minimum Gasteiger partial charge on any atom is -0.497 e. The summed E-state index contributed by atoms with van der Waals surface area (Å²) in [4.78, 5) is 28.3. The van der Waals surface area contributed by atoms with Crippen molar-refractivity contribution in [2.45, 2.75) is 77.4 Å². The van der Waals surface area contributed by atoms with Gasteiger partial charge in [-0.3, -0.25) is 9.59 Å². The van der Waals surface area contributed by atoms with Crippen LogP contribution in [0.3, 0.4) is 0 Å². The van der Waals surface area contributed by atoms with E-state index in [1.807, 2.05) is 55.5 Å². The normalized spacial score (nSPS) is 14.8. The molecular weight excluding hydrogens is 428 g/mol. The first-order valence-electron chi connectivity index (χ1n) is 12.5. The minimum atomic E-state index is -0.563. The Morgan fingerprint density at radius 3 is 2.38 bits per heavy atom. The predicted molar refractivity (Wildman–Crippen MR) is 134 cm³/mol. The zero-order valence-corrected chi connectivity index (χ0v) is 20.7. The maximum atomic E-state index is 13.4. The molecule has 0 bridgehead atoms. The fourth-order valence-electron chi connectivity index (χ4n) is 4.48. The average molecular weight is 467 g/mol. The molecule has 0 radical (unpaired) electrons. The summed E-state index contributed by atoms with van der Waals surface area (Å²) in [5.74, 6) is 1.06. The first-order valence-corrected chi connectivity index (χ1v) is 12.5. The van der Waals surface area contributed by atoms with Crippen molar-refractivity contribution in [3.05, 3.63) is 59.7 Å². The number of carbonyl (C=O) groups is 2. The molecule has 0 saturated heterocycles. The molecule has 0 heterocycles. The second kappa shape index (κ2) is 13.0. The molecule has 0 spiro atoms. The molecule has 6 heteroatoms. The SMILES string of the molecule is CCc1ccc(OCC(=O)N(Cc2cccc(OC)c2)[C@@H](CC)C(=O)NC2CCCCC2)cc1. The van der Waals surface area contributed by atoms with Crippen molar-refractivity contribution in [3.8, 4) is 11.5 Å². The third kappa shape index (κ3) is 7.24. The zero-order valence-electron chi connectivity index (χ0n) is 20.7. The first-order chi connectivity index (χ1) is 16.5. The number of nitrogens with one attached hydrogen (secondary N) is 1. The van der Waals surface area contributed by atoms with Gasteiger partial charge in [0.15, 0.2) is 6.61 Å². The van der Waals surface area contributed by atoms with Crippen LogP contribution in [0.25, 0.3) is 0 Å². The lowest BCUT2D eigenvalue weighted by Gasteiger charge is -2.32. The Kier molecular flexibility index (Phi) is 9.80. The van der Waals surface area contributed by atoms with Crippen LogP contribution in [0.15, 0.2) is 48.5 Å². The lowest BCUT2D eigenvalue weighted by molar-refractivity contribution is -0.143. The van der Waals surface area contributed by atoms with Gasteiger partial charge in [0, 0.05) is 12.6 Å². The van der Waals surface area contributed by atoms with E-state index in [1.54, 1.807) is 12.0 Å².